The molecule has 0 fully saturated rings. The van der Waals surface area contributed by atoms with Gasteiger partial charge in [-0.3, -0.25) is 10.1 Å². The van der Waals surface area contributed by atoms with Crippen molar-refractivity contribution in [3.63, 3.8) is 0 Å². The van der Waals surface area contributed by atoms with Gasteiger partial charge in [0.05, 0.1) is 0 Å². The second-order valence-electron chi connectivity index (χ2n) is 2.57. The maximum absolute atomic E-state index is 10.6. The summed E-state index contributed by atoms with van der Waals surface area (Å²) in [7, 11) is 3.79. The summed E-state index contributed by atoms with van der Waals surface area (Å²) >= 11 is 0. The topological polar surface area (TPSA) is 38.5 Å². The zero-order valence-corrected chi connectivity index (χ0v) is 6.28. The van der Waals surface area contributed by atoms with Gasteiger partial charge >= 0.3 is 0 Å². The molecule has 0 radical (unpaired) electrons. The van der Waals surface area contributed by atoms with Crippen LogP contribution in [0.4, 0.5) is 0 Å². The molecule has 1 aliphatic heterocycles. The molecule has 4 heteroatoms. The quantitative estimate of drug-likeness (QED) is 0.493. The Hall–Kier alpha value is -0.770. The van der Waals surface area contributed by atoms with E-state index in [4.69, 9.17) is 4.84 Å². The second-order valence-corrected chi connectivity index (χ2v) is 2.57. The van der Waals surface area contributed by atoms with Crippen LogP contribution in [-0.2, 0) is 4.84 Å². The normalized spacial score (nSPS) is 25.9. The van der Waals surface area contributed by atoms with Crippen molar-refractivity contribution in [3.8, 4) is 0 Å². The molecule has 0 aromatic carbocycles. The minimum Gasteiger partial charge on any atom is -0.385 e. The molecular weight excluding hydrogens is 132 g/mol. The van der Waals surface area contributed by atoms with Crippen molar-refractivity contribution in [2.75, 3.05) is 14.1 Å². The summed E-state index contributed by atoms with van der Waals surface area (Å²) in [6.07, 6.45) is 3.14. The molecule has 0 bridgehead atoms. The summed E-state index contributed by atoms with van der Waals surface area (Å²) in [4.78, 5) is 7.32. The van der Waals surface area contributed by atoms with E-state index in [1.165, 1.54) is 6.21 Å². The fourth-order valence-corrected chi connectivity index (χ4v) is 0.891. The third-order valence-electron chi connectivity index (χ3n) is 1.49. The number of hydrogen-bond acceptors (Lipinski definition) is 3. The van der Waals surface area contributed by atoms with Gasteiger partial charge in [-0.05, 0) is 20.5 Å². The van der Waals surface area contributed by atoms with Gasteiger partial charge in [0, 0.05) is 11.3 Å². The minimum atomic E-state index is -0.0532. The Balaban J connectivity index is 2.45. The van der Waals surface area contributed by atoms with E-state index in [0.717, 1.165) is 12.8 Å². The van der Waals surface area contributed by atoms with Crippen molar-refractivity contribution in [2.45, 2.75) is 19.1 Å². The highest BCUT2D eigenvalue weighted by Crippen LogP contribution is 2.07. The van der Waals surface area contributed by atoms with Crippen molar-refractivity contribution in [2.24, 2.45) is 0 Å². The van der Waals surface area contributed by atoms with Crippen LogP contribution in [0.1, 0.15) is 12.8 Å². The van der Waals surface area contributed by atoms with Gasteiger partial charge in [-0.2, -0.15) is 0 Å². The zero-order chi connectivity index (χ0) is 7.56. The van der Waals surface area contributed by atoms with E-state index in [1.807, 2.05) is 19.0 Å². The molecule has 58 valence electrons. The van der Waals surface area contributed by atoms with Crippen molar-refractivity contribution >= 4 is 6.21 Å². The third kappa shape index (κ3) is 1.60. The first-order valence-corrected chi connectivity index (χ1v) is 3.33. The molecular formula is C6H12N2O2. The first-order valence-electron chi connectivity index (χ1n) is 3.33. The largest absolute Gasteiger partial charge is 0.385 e. The van der Waals surface area contributed by atoms with Crippen molar-refractivity contribution in [1.82, 2.24) is 4.90 Å². The predicted octanol–water partition coefficient (Wildman–Crippen LogP) is 0.181. The van der Waals surface area contributed by atoms with E-state index < -0.39 is 0 Å². The molecule has 0 aliphatic carbocycles. The monoisotopic (exact) mass is 144 g/mol. The second kappa shape index (κ2) is 2.88. The van der Waals surface area contributed by atoms with E-state index in [0.29, 0.717) is 4.90 Å². The molecule has 0 aromatic heterocycles. The maximum Gasteiger partial charge on any atom is 0.210 e. The van der Waals surface area contributed by atoms with E-state index >= 15 is 0 Å². The van der Waals surface area contributed by atoms with Crippen LogP contribution in [0, 0.1) is 5.21 Å². The van der Waals surface area contributed by atoms with Crippen LogP contribution in [0.25, 0.3) is 0 Å². The molecule has 1 aliphatic rings. The van der Waals surface area contributed by atoms with Crippen LogP contribution < -0.4 is 0 Å². The Bertz CT molecular complexity index is 145. The van der Waals surface area contributed by atoms with Crippen LogP contribution in [0.5, 0.6) is 0 Å². The van der Waals surface area contributed by atoms with Crippen LogP contribution in [0.3, 0.4) is 0 Å². The highest BCUT2D eigenvalue weighted by atomic mass is 16.9. The summed E-state index contributed by atoms with van der Waals surface area (Å²) in [5.41, 5.74) is 0. The average molecular weight is 144 g/mol. The molecule has 0 amide bonds. The smallest absolute Gasteiger partial charge is 0.210 e. The summed E-state index contributed by atoms with van der Waals surface area (Å²) in [5, 5.41) is 10.6. The third-order valence-corrected chi connectivity index (χ3v) is 1.49. The molecule has 1 rings (SSSR count). The van der Waals surface area contributed by atoms with E-state index in [1.54, 1.807) is 0 Å². The Morgan fingerprint density at radius 2 is 2.40 bits per heavy atom. The van der Waals surface area contributed by atoms with Gasteiger partial charge in [-0.25, -0.2) is 0 Å². The average Bonchev–Trinajstić information content (AvgIpc) is 1.88. The van der Waals surface area contributed by atoms with Gasteiger partial charge in [-0.1, -0.05) is 0 Å². The highest BCUT2D eigenvalue weighted by Gasteiger charge is 2.15. The summed E-state index contributed by atoms with van der Waals surface area (Å²) in [6.45, 7) is 0. The Morgan fingerprint density at radius 1 is 1.70 bits per heavy atom. The SMILES string of the molecule is CN(C)C1CCC=[N+]([O-])O1. The standard InChI is InChI=1S/C6H12N2O2/c1-7(2)6-4-3-5-8(9)10-6/h5-6H,3-4H2,1-2H3. The Morgan fingerprint density at radius 3 is 2.80 bits per heavy atom. The molecule has 1 unspecified atom stereocenters. The summed E-state index contributed by atoms with van der Waals surface area (Å²) in [5.74, 6) is 0. The van der Waals surface area contributed by atoms with Crippen LogP contribution in [0.2, 0.25) is 0 Å². The van der Waals surface area contributed by atoms with Gasteiger partial charge < -0.3 is 4.84 Å². The molecule has 0 saturated carbocycles. The first kappa shape index (κ1) is 7.34. The van der Waals surface area contributed by atoms with Gasteiger partial charge in [-0.15, -0.1) is 0 Å². The lowest BCUT2D eigenvalue weighted by atomic mass is 10.3. The van der Waals surface area contributed by atoms with Gasteiger partial charge in [0.1, 0.15) is 6.23 Å². The Kier molecular flexibility index (Phi) is 2.11. The molecule has 0 saturated heterocycles. The lowest BCUT2D eigenvalue weighted by Gasteiger charge is -2.27. The minimum absolute atomic E-state index is 0.0532. The highest BCUT2D eigenvalue weighted by molar-refractivity contribution is 5.51. The lowest BCUT2D eigenvalue weighted by Crippen LogP contribution is -2.36. The van der Waals surface area contributed by atoms with Crippen molar-refractivity contribution in [1.29, 1.82) is 0 Å². The van der Waals surface area contributed by atoms with E-state index in [-0.39, 0.29) is 6.23 Å². The maximum atomic E-state index is 10.6. The fraction of sp³-hybridized carbons (Fsp3) is 0.833. The first-order chi connectivity index (χ1) is 4.70. The molecule has 0 spiro atoms. The molecule has 0 N–H and O–H groups in total. The number of rotatable bonds is 1. The molecule has 1 atom stereocenters. The van der Waals surface area contributed by atoms with E-state index in [2.05, 4.69) is 0 Å². The molecule has 10 heavy (non-hydrogen) atoms. The molecule has 4 nitrogen and oxygen atoms in total. The van der Waals surface area contributed by atoms with Gasteiger partial charge in [0.2, 0.25) is 6.21 Å². The fourth-order valence-electron chi connectivity index (χ4n) is 0.891. The molecule has 0 aromatic rings. The Labute approximate surface area is 60.2 Å². The summed E-state index contributed by atoms with van der Waals surface area (Å²) < 4.78 is 0. The van der Waals surface area contributed by atoms with Crippen LogP contribution in [-0.4, -0.2) is 36.3 Å². The van der Waals surface area contributed by atoms with E-state index in [9.17, 15) is 5.21 Å². The number of hydrogen-bond donors (Lipinski definition) is 0. The van der Waals surface area contributed by atoms with Crippen LogP contribution in [0.15, 0.2) is 0 Å². The van der Waals surface area contributed by atoms with Crippen molar-refractivity contribution in [3.05, 3.63) is 5.21 Å². The molecule has 1 heterocycles. The zero-order valence-electron chi connectivity index (χ0n) is 6.28. The van der Waals surface area contributed by atoms with Gasteiger partial charge in [0.25, 0.3) is 0 Å². The number of nitrogens with zero attached hydrogens (tertiary/aromatic N) is 2. The predicted molar refractivity (Wildman–Crippen MR) is 37.5 cm³/mol. The van der Waals surface area contributed by atoms with Crippen LogP contribution >= 0.6 is 0 Å². The lowest BCUT2D eigenvalue weighted by molar-refractivity contribution is -0.760. The summed E-state index contributed by atoms with van der Waals surface area (Å²) in [6, 6.07) is 0. The van der Waals surface area contributed by atoms with Gasteiger partial charge in [0.15, 0.2) is 0 Å². The van der Waals surface area contributed by atoms with Crippen molar-refractivity contribution < 1.29 is 9.74 Å².